The maximum Gasteiger partial charge on any atom is 0.337 e. The van der Waals surface area contributed by atoms with Crippen LogP contribution in [0.5, 0.6) is 0 Å². The lowest BCUT2D eigenvalue weighted by atomic mass is 9.86. The molecule has 3 N–H and O–H groups in total. The molecule has 2 aromatic rings. The van der Waals surface area contributed by atoms with Crippen LogP contribution in [0.15, 0.2) is 36.4 Å². The van der Waals surface area contributed by atoms with Crippen LogP contribution in [0, 0.1) is 0 Å². The summed E-state index contributed by atoms with van der Waals surface area (Å²) in [5.41, 5.74) is 2.56. The maximum absolute atomic E-state index is 11.7. The second-order valence-electron chi connectivity index (χ2n) is 8.48. The lowest BCUT2D eigenvalue weighted by Crippen LogP contribution is -2.26. The van der Waals surface area contributed by atoms with Gasteiger partial charge in [0, 0.05) is 11.4 Å². The molecule has 0 fully saturated rings. The summed E-state index contributed by atoms with van der Waals surface area (Å²) in [5.74, 6) is -1.54. The van der Waals surface area contributed by atoms with Crippen molar-refractivity contribution in [3.05, 3.63) is 58.7 Å². The van der Waals surface area contributed by atoms with Crippen LogP contribution in [-0.4, -0.2) is 36.0 Å². The Morgan fingerprint density at radius 1 is 0.806 bits per heavy atom. The molecule has 4 rings (SSSR count). The lowest BCUT2D eigenvalue weighted by molar-refractivity contribution is -0.120. The predicted molar refractivity (Wildman–Crippen MR) is 114 cm³/mol. The van der Waals surface area contributed by atoms with Crippen LogP contribution >= 0.6 is 0 Å². The van der Waals surface area contributed by atoms with Gasteiger partial charge in [0.2, 0.25) is 11.8 Å². The number of hydrogen-bond acceptors (Lipinski definition) is 5. The smallest absolute Gasteiger partial charge is 0.337 e. The number of fused-ring (bicyclic) bond motifs is 2. The molecule has 8 nitrogen and oxygen atoms in total. The van der Waals surface area contributed by atoms with Gasteiger partial charge in [0.1, 0.15) is 0 Å². The molecular weight excluding hydrogens is 400 g/mol. The van der Waals surface area contributed by atoms with Crippen LogP contribution in [0.3, 0.4) is 0 Å². The van der Waals surface area contributed by atoms with Gasteiger partial charge in [-0.25, -0.2) is 9.59 Å². The van der Waals surface area contributed by atoms with Crippen LogP contribution in [0.4, 0.5) is 11.4 Å². The number of carboxylic acids is 1. The summed E-state index contributed by atoms with van der Waals surface area (Å²) >= 11 is 0. The number of esters is 1. The van der Waals surface area contributed by atoms with E-state index < -0.39 is 22.8 Å². The van der Waals surface area contributed by atoms with Gasteiger partial charge in [-0.1, -0.05) is 12.1 Å². The van der Waals surface area contributed by atoms with Gasteiger partial charge in [0.15, 0.2) is 0 Å². The molecule has 0 aromatic heterocycles. The van der Waals surface area contributed by atoms with Crippen molar-refractivity contribution in [3.63, 3.8) is 0 Å². The van der Waals surface area contributed by atoms with E-state index in [2.05, 4.69) is 15.4 Å². The summed E-state index contributed by atoms with van der Waals surface area (Å²) < 4.78 is 4.62. The van der Waals surface area contributed by atoms with Gasteiger partial charge < -0.3 is 20.5 Å². The van der Waals surface area contributed by atoms with Gasteiger partial charge in [0.25, 0.3) is 0 Å². The summed E-state index contributed by atoms with van der Waals surface area (Å²) in [6, 6.07) is 9.81. The number of carboxylic acid groups (broad SMARTS) is 1. The molecule has 0 saturated heterocycles. The molecule has 0 bridgehead atoms. The van der Waals surface area contributed by atoms with Crippen molar-refractivity contribution in [1.29, 1.82) is 0 Å². The molecule has 0 aliphatic carbocycles. The SMILES string of the molecule is CC1(C)C(=O)Nc2cc(C(=O)O)ccc21.COC(=O)c1ccc2c(c1)NC(=O)C2(C)C. The Hall–Kier alpha value is -3.68. The Labute approximate surface area is 179 Å². The third-order valence-corrected chi connectivity index (χ3v) is 5.69. The van der Waals surface area contributed by atoms with Crippen LogP contribution in [0.2, 0.25) is 0 Å². The number of carbonyl (C=O) groups excluding carboxylic acids is 3. The van der Waals surface area contributed by atoms with Crippen molar-refractivity contribution in [2.24, 2.45) is 0 Å². The van der Waals surface area contributed by atoms with Gasteiger partial charge in [-0.05, 0) is 63.1 Å². The van der Waals surface area contributed by atoms with Gasteiger partial charge in [-0.3, -0.25) is 9.59 Å². The van der Waals surface area contributed by atoms with E-state index in [0.29, 0.717) is 16.9 Å². The molecular formula is C23H24N2O6. The van der Waals surface area contributed by atoms with Crippen molar-refractivity contribution < 1.29 is 29.0 Å². The zero-order valence-electron chi connectivity index (χ0n) is 18.0. The second-order valence-corrected chi connectivity index (χ2v) is 8.48. The summed E-state index contributed by atoms with van der Waals surface area (Å²) in [6.45, 7) is 7.33. The van der Waals surface area contributed by atoms with E-state index in [4.69, 9.17) is 5.11 Å². The Morgan fingerprint density at radius 2 is 1.23 bits per heavy atom. The molecule has 2 aromatic carbocycles. The van der Waals surface area contributed by atoms with Crippen molar-refractivity contribution in [2.75, 3.05) is 17.7 Å². The van der Waals surface area contributed by atoms with Crippen LogP contribution in [0.25, 0.3) is 0 Å². The van der Waals surface area contributed by atoms with E-state index in [0.717, 1.165) is 11.1 Å². The highest BCUT2D eigenvalue weighted by Gasteiger charge is 2.39. The van der Waals surface area contributed by atoms with E-state index in [1.807, 2.05) is 27.7 Å². The van der Waals surface area contributed by atoms with Gasteiger partial charge in [-0.15, -0.1) is 0 Å². The third-order valence-electron chi connectivity index (χ3n) is 5.69. The molecule has 2 heterocycles. The van der Waals surface area contributed by atoms with E-state index in [-0.39, 0.29) is 17.4 Å². The number of nitrogens with one attached hydrogen (secondary N) is 2. The van der Waals surface area contributed by atoms with E-state index in [9.17, 15) is 19.2 Å². The molecule has 0 radical (unpaired) electrons. The molecule has 8 heteroatoms. The molecule has 2 amide bonds. The van der Waals surface area contributed by atoms with Crippen LogP contribution in [0.1, 0.15) is 59.5 Å². The molecule has 2 aliphatic rings. The van der Waals surface area contributed by atoms with Crippen molar-refractivity contribution in [3.8, 4) is 0 Å². The Kier molecular flexibility index (Phi) is 5.35. The first-order valence-electron chi connectivity index (χ1n) is 9.63. The van der Waals surface area contributed by atoms with E-state index >= 15 is 0 Å². The number of carbonyl (C=O) groups is 4. The van der Waals surface area contributed by atoms with Crippen molar-refractivity contribution >= 4 is 35.1 Å². The fraction of sp³-hybridized carbons (Fsp3) is 0.304. The minimum atomic E-state index is -0.989. The zero-order valence-corrected chi connectivity index (χ0v) is 18.0. The first kappa shape index (κ1) is 22.0. The summed E-state index contributed by atoms with van der Waals surface area (Å²) in [6.07, 6.45) is 0. The summed E-state index contributed by atoms with van der Waals surface area (Å²) in [7, 11) is 1.33. The summed E-state index contributed by atoms with van der Waals surface area (Å²) in [4.78, 5) is 45.3. The van der Waals surface area contributed by atoms with Crippen molar-refractivity contribution in [2.45, 2.75) is 38.5 Å². The predicted octanol–water partition coefficient (Wildman–Crippen LogP) is 3.32. The quantitative estimate of drug-likeness (QED) is 0.636. The number of hydrogen-bond donors (Lipinski definition) is 3. The van der Waals surface area contributed by atoms with Crippen LogP contribution < -0.4 is 10.6 Å². The van der Waals surface area contributed by atoms with Crippen molar-refractivity contribution in [1.82, 2.24) is 0 Å². The molecule has 162 valence electrons. The number of aromatic carboxylic acids is 1. The Balaban J connectivity index is 0.000000176. The minimum absolute atomic E-state index is 0.0514. The minimum Gasteiger partial charge on any atom is -0.478 e. The number of amides is 2. The highest BCUT2D eigenvalue weighted by atomic mass is 16.5. The maximum atomic E-state index is 11.7. The normalized spacial score (nSPS) is 16.8. The molecule has 31 heavy (non-hydrogen) atoms. The average Bonchev–Trinajstić information content (AvgIpc) is 3.09. The average molecular weight is 424 g/mol. The number of anilines is 2. The fourth-order valence-electron chi connectivity index (χ4n) is 3.56. The first-order valence-corrected chi connectivity index (χ1v) is 9.63. The zero-order chi connectivity index (χ0) is 23.1. The number of methoxy groups -OCH3 is 1. The number of benzene rings is 2. The van der Waals surface area contributed by atoms with E-state index in [1.54, 1.807) is 24.3 Å². The second kappa shape index (κ2) is 7.54. The molecule has 2 aliphatic heterocycles. The molecule has 0 saturated carbocycles. The first-order chi connectivity index (χ1) is 14.4. The monoisotopic (exact) mass is 424 g/mol. The topological polar surface area (TPSA) is 122 Å². The number of rotatable bonds is 2. The third kappa shape index (κ3) is 3.76. The molecule has 0 atom stereocenters. The van der Waals surface area contributed by atoms with Gasteiger partial charge in [-0.2, -0.15) is 0 Å². The number of ether oxygens (including phenoxy) is 1. The Morgan fingerprint density at radius 3 is 1.65 bits per heavy atom. The largest absolute Gasteiger partial charge is 0.478 e. The van der Waals surface area contributed by atoms with E-state index in [1.165, 1.54) is 19.2 Å². The van der Waals surface area contributed by atoms with Gasteiger partial charge >= 0.3 is 11.9 Å². The van der Waals surface area contributed by atoms with Crippen LogP contribution in [-0.2, 0) is 25.2 Å². The lowest BCUT2D eigenvalue weighted by Gasteiger charge is -2.14. The standard InChI is InChI=1S/C12H13NO3.C11H11NO3/c1-12(2)8-5-4-7(10(14)16-3)6-9(8)13-11(12)15;1-11(2)7-4-3-6(9(13)14)5-8(7)12-10(11)15/h4-6H,1-3H3,(H,13,15);3-5H,1-2H3,(H,12,15)(H,13,14). The fourth-order valence-corrected chi connectivity index (χ4v) is 3.56. The highest BCUT2D eigenvalue weighted by Crippen LogP contribution is 2.38. The van der Waals surface area contributed by atoms with Gasteiger partial charge in [0.05, 0.1) is 29.1 Å². The molecule has 0 unspecified atom stereocenters. The Bertz CT molecular complexity index is 1120. The molecule has 0 spiro atoms. The highest BCUT2D eigenvalue weighted by molar-refractivity contribution is 6.07. The summed E-state index contributed by atoms with van der Waals surface area (Å²) in [5, 5.41) is 14.2.